The van der Waals surface area contributed by atoms with Crippen molar-refractivity contribution in [2.24, 2.45) is 0 Å². The molecule has 0 atom stereocenters. The van der Waals surface area contributed by atoms with Crippen LogP contribution < -0.4 is 0 Å². The van der Waals surface area contributed by atoms with Crippen molar-refractivity contribution in [1.82, 2.24) is 10.2 Å². The predicted molar refractivity (Wildman–Crippen MR) is 132 cm³/mol. The Bertz CT molecular complexity index is 1440. The summed E-state index contributed by atoms with van der Waals surface area (Å²) in [6.07, 6.45) is 5.18. The molecule has 0 unspecified atom stereocenters. The third-order valence-electron chi connectivity index (χ3n) is 5.43. The van der Waals surface area contributed by atoms with E-state index in [1.54, 1.807) is 24.4 Å². The van der Waals surface area contributed by atoms with Gasteiger partial charge < -0.3 is 5.11 Å². The van der Waals surface area contributed by atoms with Crippen molar-refractivity contribution in [3.8, 4) is 6.07 Å². The van der Waals surface area contributed by atoms with Gasteiger partial charge in [-0.25, -0.2) is 4.79 Å². The first kappa shape index (κ1) is 22.1. The molecule has 0 saturated carbocycles. The molecule has 0 saturated heterocycles. The molecule has 0 aliphatic carbocycles. The third-order valence-corrected chi connectivity index (χ3v) is 5.74. The Morgan fingerprint density at radius 1 is 1.12 bits per heavy atom. The predicted octanol–water partition coefficient (Wildman–Crippen LogP) is 6.55. The molecule has 6 heteroatoms. The number of fused-ring (bicyclic) bond motifs is 1. The topological polar surface area (TPSA) is 89.8 Å². The number of carboxylic acids is 1. The summed E-state index contributed by atoms with van der Waals surface area (Å²) in [7, 11) is 0. The van der Waals surface area contributed by atoms with Crippen LogP contribution in [0.15, 0.2) is 72.9 Å². The number of nitrogens with one attached hydrogen (secondary N) is 1. The molecule has 0 fully saturated rings. The van der Waals surface area contributed by atoms with Gasteiger partial charge in [-0.1, -0.05) is 54.9 Å². The standard InChI is InChI=1S/C27H20ClN3O2/c1-2-22(23-10-5-18(15-29)13-24(23)28)27(20-9-11-25-21(14-20)16-30-31-25)19-7-3-17(4-8-19)6-12-26(32)33/h3-14,16H,2H2,1H3,(H,30,31)(H,32,33)/b12-6+,27-22+. The van der Waals surface area contributed by atoms with Gasteiger partial charge in [0.2, 0.25) is 0 Å². The van der Waals surface area contributed by atoms with E-state index in [-0.39, 0.29) is 0 Å². The molecule has 1 aromatic heterocycles. The highest BCUT2D eigenvalue weighted by Gasteiger charge is 2.16. The summed E-state index contributed by atoms with van der Waals surface area (Å²) in [5, 5.41) is 26.7. The zero-order valence-electron chi connectivity index (χ0n) is 17.8. The van der Waals surface area contributed by atoms with E-state index in [2.05, 4.69) is 29.3 Å². The van der Waals surface area contributed by atoms with E-state index >= 15 is 0 Å². The molecule has 0 bridgehead atoms. The van der Waals surface area contributed by atoms with E-state index in [9.17, 15) is 10.1 Å². The quantitative estimate of drug-likeness (QED) is 0.255. The fraction of sp³-hybridized carbons (Fsp3) is 0.0741. The Morgan fingerprint density at radius 2 is 1.88 bits per heavy atom. The number of aromatic amines is 1. The summed E-state index contributed by atoms with van der Waals surface area (Å²) in [6.45, 7) is 2.07. The number of allylic oxidation sites excluding steroid dienone is 1. The van der Waals surface area contributed by atoms with Crippen LogP contribution in [-0.2, 0) is 4.79 Å². The zero-order valence-corrected chi connectivity index (χ0v) is 18.6. The summed E-state index contributed by atoms with van der Waals surface area (Å²) in [5.74, 6) is -0.989. The summed E-state index contributed by atoms with van der Waals surface area (Å²) in [4.78, 5) is 10.8. The highest BCUT2D eigenvalue weighted by molar-refractivity contribution is 6.33. The van der Waals surface area contributed by atoms with Crippen molar-refractivity contribution in [2.75, 3.05) is 0 Å². The lowest BCUT2D eigenvalue weighted by atomic mass is 9.87. The van der Waals surface area contributed by atoms with Crippen molar-refractivity contribution in [3.63, 3.8) is 0 Å². The van der Waals surface area contributed by atoms with Crippen LogP contribution >= 0.6 is 11.6 Å². The Labute approximate surface area is 196 Å². The Kier molecular flexibility index (Phi) is 6.39. The van der Waals surface area contributed by atoms with Gasteiger partial charge in [-0.2, -0.15) is 10.4 Å². The molecule has 33 heavy (non-hydrogen) atoms. The van der Waals surface area contributed by atoms with Gasteiger partial charge in [-0.15, -0.1) is 0 Å². The van der Waals surface area contributed by atoms with Gasteiger partial charge >= 0.3 is 5.97 Å². The number of benzene rings is 3. The number of rotatable bonds is 6. The van der Waals surface area contributed by atoms with Crippen LogP contribution in [0.2, 0.25) is 5.02 Å². The number of hydrogen-bond donors (Lipinski definition) is 2. The first-order chi connectivity index (χ1) is 16.0. The van der Waals surface area contributed by atoms with E-state index in [0.29, 0.717) is 17.0 Å². The van der Waals surface area contributed by atoms with Crippen molar-refractivity contribution < 1.29 is 9.90 Å². The number of aliphatic carboxylic acids is 1. The number of carboxylic acid groups (broad SMARTS) is 1. The van der Waals surface area contributed by atoms with Gasteiger partial charge in [0.15, 0.2) is 0 Å². The number of aromatic nitrogens is 2. The fourth-order valence-corrected chi connectivity index (χ4v) is 4.17. The molecule has 162 valence electrons. The number of carbonyl (C=O) groups is 1. The van der Waals surface area contributed by atoms with Crippen molar-refractivity contribution in [2.45, 2.75) is 13.3 Å². The van der Waals surface area contributed by atoms with Crippen LogP contribution in [0.5, 0.6) is 0 Å². The Morgan fingerprint density at radius 3 is 2.55 bits per heavy atom. The number of H-pyrrole nitrogens is 1. The van der Waals surface area contributed by atoms with E-state index in [4.69, 9.17) is 16.7 Å². The molecule has 0 radical (unpaired) electrons. The second-order valence-electron chi connectivity index (χ2n) is 7.48. The molecule has 0 amide bonds. The maximum atomic E-state index is 10.8. The molecular formula is C27H20ClN3O2. The van der Waals surface area contributed by atoms with Crippen LogP contribution in [0, 0.1) is 11.3 Å². The molecule has 0 aliphatic heterocycles. The van der Waals surface area contributed by atoms with Gasteiger partial charge in [0.05, 0.1) is 23.3 Å². The molecule has 2 N–H and O–H groups in total. The minimum absolute atomic E-state index is 0.509. The first-order valence-electron chi connectivity index (χ1n) is 10.4. The smallest absolute Gasteiger partial charge is 0.328 e. The highest BCUT2D eigenvalue weighted by Crippen LogP contribution is 2.38. The molecule has 0 aliphatic rings. The average molecular weight is 454 g/mol. The molecule has 1 heterocycles. The summed E-state index contributed by atoms with van der Waals surface area (Å²) < 4.78 is 0. The van der Waals surface area contributed by atoms with Gasteiger partial charge in [0.25, 0.3) is 0 Å². The SMILES string of the molecule is CC/C(=C(/c1ccc(/C=C/C(=O)O)cc1)c1ccc2[nH]ncc2c1)c1ccc(C#N)cc1Cl. The Hall–Kier alpha value is -4.14. The molecular weight excluding hydrogens is 434 g/mol. The first-order valence-corrected chi connectivity index (χ1v) is 10.8. The maximum absolute atomic E-state index is 10.8. The van der Waals surface area contributed by atoms with Crippen LogP contribution in [0.1, 0.15) is 41.2 Å². The van der Waals surface area contributed by atoms with E-state index in [1.807, 2.05) is 42.5 Å². The second-order valence-corrected chi connectivity index (χ2v) is 7.89. The number of nitrogens with zero attached hydrogens (tertiary/aromatic N) is 2. The van der Waals surface area contributed by atoms with Crippen LogP contribution in [0.4, 0.5) is 0 Å². The van der Waals surface area contributed by atoms with E-state index < -0.39 is 5.97 Å². The largest absolute Gasteiger partial charge is 0.478 e. The summed E-state index contributed by atoms with van der Waals surface area (Å²) >= 11 is 6.61. The van der Waals surface area contributed by atoms with Gasteiger partial charge in [-0.05, 0) is 70.2 Å². The third kappa shape index (κ3) is 4.72. The van der Waals surface area contributed by atoms with E-state index in [1.165, 1.54) is 0 Å². The van der Waals surface area contributed by atoms with Crippen molar-refractivity contribution >= 4 is 45.7 Å². The van der Waals surface area contributed by atoms with Crippen LogP contribution in [0.3, 0.4) is 0 Å². The summed E-state index contributed by atoms with van der Waals surface area (Å²) in [6, 6.07) is 21.3. The van der Waals surface area contributed by atoms with Gasteiger partial charge in [-0.3, -0.25) is 5.10 Å². The lowest BCUT2D eigenvalue weighted by Gasteiger charge is -2.18. The molecule has 5 nitrogen and oxygen atoms in total. The normalized spacial score (nSPS) is 12.0. The minimum Gasteiger partial charge on any atom is -0.478 e. The number of halogens is 1. The highest BCUT2D eigenvalue weighted by atomic mass is 35.5. The zero-order chi connectivity index (χ0) is 23.4. The molecule has 4 aromatic rings. The van der Waals surface area contributed by atoms with Crippen molar-refractivity contribution in [1.29, 1.82) is 5.26 Å². The number of nitriles is 1. The van der Waals surface area contributed by atoms with Crippen molar-refractivity contribution in [3.05, 3.63) is 106 Å². The maximum Gasteiger partial charge on any atom is 0.328 e. The van der Waals surface area contributed by atoms with Gasteiger partial charge in [0, 0.05) is 16.5 Å². The lowest BCUT2D eigenvalue weighted by Crippen LogP contribution is -1.96. The fourth-order valence-electron chi connectivity index (χ4n) is 3.87. The Balaban J connectivity index is 1.94. The molecule has 4 rings (SSSR count). The van der Waals surface area contributed by atoms with Gasteiger partial charge in [0.1, 0.15) is 0 Å². The average Bonchev–Trinajstić information content (AvgIpc) is 3.30. The van der Waals surface area contributed by atoms with E-state index in [0.717, 1.165) is 50.4 Å². The number of hydrogen-bond acceptors (Lipinski definition) is 3. The minimum atomic E-state index is -0.989. The molecule has 3 aromatic carbocycles. The van der Waals surface area contributed by atoms with Crippen LogP contribution in [0.25, 0.3) is 28.1 Å². The second kappa shape index (κ2) is 9.56. The molecule has 0 spiro atoms. The lowest BCUT2D eigenvalue weighted by molar-refractivity contribution is -0.131. The van der Waals surface area contributed by atoms with Crippen LogP contribution in [-0.4, -0.2) is 21.3 Å². The monoisotopic (exact) mass is 453 g/mol. The summed E-state index contributed by atoms with van der Waals surface area (Å²) in [5.41, 5.74) is 7.16.